The number of hydrogen-bond donors (Lipinski definition) is 0. The van der Waals surface area contributed by atoms with Crippen molar-refractivity contribution in [3.63, 3.8) is 0 Å². The molecular weight excluding hydrogens is 250 g/mol. The monoisotopic (exact) mass is 256 g/mol. The Balaban J connectivity index is 2.74. The fraction of sp³-hybridized carbons (Fsp3) is 0.250. The molecule has 78 valence electrons. The van der Waals surface area contributed by atoms with Crippen LogP contribution in [0.25, 0.3) is 0 Å². The van der Waals surface area contributed by atoms with E-state index in [9.17, 15) is 12.8 Å². The Hall–Kier alpha value is -0.320. The maximum atomic E-state index is 12.9. The number of halogens is 3. The largest absolute Gasteiger partial charge is 0.232 e. The molecule has 0 spiro atoms. The van der Waals surface area contributed by atoms with E-state index in [-0.39, 0.29) is 17.2 Å². The van der Waals surface area contributed by atoms with Crippen molar-refractivity contribution >= 4 is 31.3 Å². The molecule has 0 saturated heterocycles. The highest BCUT2D eigenvalue weighted by atomic mass is 35.7. The summed E-state index contributed by atoms with van der Waals surface area (Å²) in [7, 11) is 1.48. The number of rotatable bonds is 3. The summed E-state index contributed by atoms with van der Waals surface area (Å²) in [5.74, 6) is -0.772. The molecule has 1 rings (SSSR count). The zero-order valence-electron chi connectivity index (χ0n) is 7.00. The second kappa shape index (κ2) is 4.47. The normalized spacial score (nSPS) is 11.6. The first kappa shape index (κ1) is 11.8. The molecule has 1 aromatic rings. The standard InChI is InChI=1S/C8H7Cl2FO2S/c9-7-2-1-6(5-8(7)11)3-4-14(10,12)13/h1-2,5H,3-4H2. The van der Waals surface area contributed by atoms with E-state index in [1.54, 1.807) is 6.07 Å². The molecule has 0 saturated carbocycles. The molecular formula is C8H7Cl2FO2S. The molecule has 0 amide bonds. The van der Waals surface area contributed by atoms with E-state index in [2.05, 4.69) is 0 Å². The summed E-state index contributed by atoms with van der Waals surface area (Å²) in [4.78, 5) is 0. The molecule has 2 nitrogen and oxygen atoms in total. The van der Waals surface area contributed by atoms with Crippen LogP contribution in [0.3, 0.4) is 0 Å². The van der Waals surface area contributed by atoms with Gasteiger partial charge in [0.1, 0.15) is 5.82 Å². The Kier molecular flexibility index (Phi) is 3.75. The minimum Gasteiger partial charge on any atom is -0.212 e. The predicted octanol–water partition coefficient (Wildman–Crippen LogP) is 2.59. The molecule has 0 bridgehead atoms. The van der Waals surface area contributed by atoms with Crippen molar-refractivity contribution in [1.82, 2.24) is 0 Å². The topological polar surface area (TPSA) is 34.1 Å². The van der Waals surface area contributed by atoms with Crippen LogP contribution in [0, 0.1) is 5.82 Å². The third-order valence-electron chi connectivity index (χ3n) is 1.62. The van der Waals surface area contributed by atoms with Crippen molar-refractivity contribution < 1.29 is 12.8 Å². The average molecular weight is 257 g/mol. The maximum Gasteiger partial charge on any atom is 0.232 e. The Bertz CT molecular complexity index is 431. The second-order valence-corrected chi connectivity index (χ2v) is 6.05. The minimum atomic E-state index is -3.53. The molecule has 14 heavy (non-hydrogen) atoms. The number of aryl methyl sites for hydroxylation is 1. The summed E-state index contributed by atoms with van der Waals surface area (Å²) in [5.41, 5.74) is 0.552. The van der Waals surface area contributed by atoms with Gasteiger partial charge in [0, 0.05) is 10.7 Å². The Morgan fingerprint density at radius 1 is 1.36 bits per heavy atom. The molecule has 1 aromatic carbocycles. The lowest BCUT2D eigenvalue weighted by Crippen LogP contribution is -2.01. The fourth-order valence-corrected chi connectivity index (χ4v) is 1.76. The van der Waals surface area contributed by atoms with Gasteiger partial charge in [0.15, 0.2) is 0 Å². The van der Waals surface area contributed by atoms with Crippen LogP contribution in [0.2, 0.25) is 5.02 Å². The zero-order valence-corrected chi connectivity index (χ0v) is 9.33. The van der Waals surface area contributed by atoms with E-state index in [4.69, 9.17) is 22.3 Å². The first-order chi connectivity index (χ1) is 6.38. The summed E-state index contributed by atoms with van der Waals surface area (Å²) in [6.07, 6.45) is 0.180. The maximum absolute atomic E-state index is 12.9. The smallest absolute Gasteiger partial charge is 0.212 e. The van der Waals surface area contributed by atoms with Crippen LogP contribution in [0.5, 0.6) is 0 Å². The Morgan fingerprint density at radius 3 is 2.50 bits per heavy atom. The van der Waals surface area contributed by atoms with Crippen molar-refractivity contribution in [1.29, 1.82) is 0 Å². The predicted molar refractivity (Wildman–Crippen MR) is 54.8 cm³/mol. The SMILES string of the molecule is O=S(=O)(Cl)CCc1ccc(Cl)c(F)c1. The zero-order chi connectivity index (χ0) is 10.8. The number of hydrogen-bond acceptors (Lipinski definition) is 2. The van der Waals surface area contributed by atoms with E-state index < -0.39 is 14.9 Å². The molecule has 0 unspecified atom stereocenters. The van der Waals surface area contributed by atoms with Crippen LogP contribution in [-0.4, -0.2) is 14.2 Å². The Labute approximate surface area is 91.1 Å². The summed E-state index contributed by atoms with van der Waals surface area (Å²) >= 11 is 5.45. The Morgan fingerprint density at radius 2 is 2.00 bits per heavy atom. The summed E-state index contributed by atoms with van der Waals surface area (Å²) in [6, 6.07) is 4.14. The van der Waals surface area contributed by atoms with Gasteiger partial charge in [0.05, 0.1) is 10.8 Å². The van der Waals surface area contributed by atoms with Gasteiger partial charge >= 0.3 is 0 Å². The van der Waals surface area contributed by atoms with Crippen LogP contribution < -0.4 is 0 Å². The van der Waals surface area contributed by atoms with Gasteiger partial charge in [-0.25, -0.2) is 12.8 Å². The lowest BCUT2D eigenvalue weighted by atomic mass is 10.2. The van der Waals surface area contributed by atoms with Crippen LogP contribution in [-0.2, 0) is 15.5 Å². The fourth-order valence-electron chi connectivity index (χ4n) is 0.935. The van der Waals surface area contributed by atoms with Crippen molar-refractivity contribution in [3.05, 3.63) is 34.6 Å². The van der Waals surface area contributed by atoms with E-state index in [0.29, 0.717) is 5.56 Å². The van der Waals surface area contributed by atoms with Gasteiger partial charge in [-0.15, -0.1) is 0 Å². The minimum absolute atomic E-state index is 0.0162. The van der Waals surface area contributed by atoms with E-state index in [1.165, 1.54) is 12.1 Å². The third-order valence-corrected chi connectivity index (χ3v) is 3.08. The summed E-state index contributed by atoms with van der Waals surface area (Å²) in [5, 5.41) is 0.0162. The van der Waals surface area contributed by atoms with Crippen molar-refractivity contribution in [2.45, 2.75) is 6.42 Å². The van der Waals surface area contributed by atoms with Gasteiger partial charge in [0.25, 0.3) is 0 Å². The third kappa shape index (κ3) is 3.82. The summed E-state index contributed by atoms with van der Waals surface area (Å²) in [6.45, 7) is 0. The molecule has 0 atom stereocenters. The summed E-state index contributed by atoms with van der Waals surface area (Å²) < 4.78 is 34.1. The van der Waals surface area contributed by atoms with Crippen LogP contribution >= 0.6 is 22.3 Å². The van der Waals surface area contributed by atoms with Gasteiger partial charge in [0.2, 0.25) is 9.05 Å². The quantitative estimate of drug-likeness (QED) is 0.780. The molecule has 0 heterocycles. The number of benzene rings is 1. The molecule has 0 radical (unpaired) electrons. The lowest BCUT2D eigenvalue weighted by molar-refractivity contribution is 0.608. The van der Waals surface area contributed by atoms with Gasteiger partial charge in [-0.2, -0.15) is 0 Å². The molecule has 0 fully saturated rings. The molecule has 0 N–H and O–H groups in total. The van der Waals surface area contributed by atoms with Gasteiger partial charge in [-0.3, -0.25) is 0 Å². The van der Waals surface area contributed by atoms with Crippen molar-refractivity contribution in [2.75, 3.05) is 5.75 Å². The first-order valence-electron chi connectivity index (χ1n) is 3.75. The molecule has 0 aromatic heterocycles. The first-order valence-corrected chi connectivity index (χ1v) is 6.60. The van der Waals surface area contributed by atoms with Crippen LogP contribution in [0.1, 0.15) is 5.56 Å². The molecule has 0 aliphatic carbocycles. The lowest BCUT2D eigenvalue weighted by Gasteiger charge is -2.00. The molecule has 0 aliphatic rings. The van der Waals surface area contributed by atoms with Gasteiger partial charge in [-0.1, -0.05) is 17.7 Å². The highest BCUT2D eigenvalue weighted by Crippen LogP contribution is 2.16. The highest BCUT2D eigenvalue weighted by molar-refractivity contribution is 8.13. The van der Waals surface area contributed by atoms with Gasteiger partial charge in [-0.05, 0) is 24.1 Å². The second-order valence-electron chi connectivity index (χ2n) is 2.74. The van der Waals surface area contributed by atoms with Crippen molar-refractivity contribution in [3.8, 4) is 0 Å². The van der Waals surface area contributed by atoms with E-state index in [1.807, 2.05) is 0 Å². The average Bonchev–Trinajstić information content (AvgIpc) is 2.06. The van der Waals surface area contributed by atoms with E-state index in [0.717, 1.165) is 0 Å². The van der Waals surface area contributed by atoms with Crippen LogP contribution in [0.15, 0.2) is 18.2 Å². The molecule has 6 heteroatoms. The molecule has 0 aliphatic heterocycles. The van der Waals surface area contributed by atoms with Crippen LogP contribution in [0.4, 0.5) is 4.39 Å². The van der Waals surface area contributed by atoms with Gasteiger partial charge < -0.3 is 0 Å². The van der Waals surface area contributed by atoms with E-state index >= 15 is 0 Å². The van der Waals surface area contributed by atoms with Crippen molar-refractivity contribution in [2.24, 2.45) is 0 Å². The highest BCUT2D eigenvalue weighted by Gasteiger charge is 2.07.